The summed E-state index contributed by atoms with van der Waals surface area (Å²) in [6, 6.07) is 37.3. The van der Waals surface area contributed by atoms with Crippen molar-refractivity contribution in [1.82, 2.24) is 14.5 Å². The van der Waals surface area contributed by atoms with Gasteiger partial charge in [-0.2, -0.15) is 0 Å². The molecule has 0 bridgehead atoms. The van der Waals surface area contributed by atoms with Crippen molar-refractivity contribution in [3.63, 3.8) is 0 Å². The Morgan fingerprint density at radius 3 is 2.06 bits per heavy atom. The summed E-state index contributed by atoms with van der Waals surface area (Å²) in [6.45, 7) is 17.8. The molecular weight excluding hydrogens is 782 g/mol. The number of para-hydroxylation sites is 1. The zero-order chi connectivity index (χ0) is 34.0. The van der Waals surface area contributed by atoms with Crippen molar-refractivity contribution < 1.29 is 26.2 Å². The van der Waals surface area contributed by atoms with Crippen molar-refractivity contribution in [2.45, 2.75) is 66.2 Å². The molecule has 7 aromatic rings. The largest absolute Gasteiger partial charge is 0.517 e. The van der Waals surface area contributed by atoms with Crippen molar-refractivity contribution in [3.05, 3.63) is 132 Å². The van der Waals surface area contributed by atoms with E-state index in [1.54, 1.807) is 6.07 Å². The van der Waals surface area contributed by atoms with Crippen LogP contribution in [0, 0.1) is 19.9 Å². The van der Waals surface area contributed by atoms with E-state index in [-0.39, 0.29) is 37.6 Å². The Kier molecular flexibility index (Phi) is 8.92. The number of aromatic hydroxyl groups is 1. The van der Waals surface area contributed by atoms with Gasteiger partial charge in [-0.15, -0.1) is 23.3 Å². The van der Waals surface area contributed by atoms with Crippen LogP contribution in [0.15, 0.2) is 103 Å². The molecule has 0 aliphatic carbocycles. The Labute approximate surface area is 304 Å². The molecule has 0 aliphatic heterocycles. The Morgan fingerprint density at radius 1 is 0.694 bits per heavy atom. The van der Waals surface area contributed by atoms with Gasteiger partial charge in [-0.3, -0.25) is 4.98 Å². The number of hydrogen-bond acceptors (Lipinski definition) is 3. The fourth-order valence-corrected chi connectivity index (χ4v) is 6.87. The fourth-order valence-electron chi connectivity index (χ4n) is 6.87. The predicted molar refractivity (Wildman–Crippen MR) is 200 cm³/mol. The molecule has 0 radical (unpaired) electrons. The van der Waals surface area contributed by atoms with Crippen LogP contribution < -0.4 is 0 Å². The molecule has 49 heavy (non-hydrogen) atoms. The normalized spacial score (nSPS) is 12.0. The molecule has 0 aliphatic rings. The van der Waals surface area contributed by atoms with E-state index < -0.39 is 0 Å². The number of phenolic OH excluding ortho intramolecular Hbond substituents is 1. The van der Waals surface area contributed by atoms with Crippen LogP contribution in [0.1, 0.15) is 63.8 Å². The van der Waals surface area contributed by atoms with E-state index >= 15 is 0 Å². The number of aryl methyl sites for hydroxylation is 2. The van der Waals surface area contributed by atoms with E-state index in [9.17, 15) is 5.11 Å². The predicted octanol–water partition coefficient (Wildman–Crippen LogP) is 11.3. The van der Waals surface area contributed by atoms with Crippen LogP contribution in [-0.4, -0.2) is 19.6 Å². The maximum Gasteiger partial charge on any atom is 0.137 e. The molecule has 250 valence electrons. The first-order chi connectivity index (χ1) is 22.8. The van der Waals surface area contributed by atoms with Gasteiger partial charge in [0, 0.05) is 32.8 Å². The van der Waals surface area contributed by atoms with Gasteiger partial charge in [-0.05, 0) is 99.8 Å². The molecule has 0 spiro atoms. The summed E-state index contributed by atoms with van der Waals surface area (Å²) in [4.78, 5) is 10.0. The number of benzene rings is 4. The number of fused-ring (bicyclic) bond motifs is 3. The maximum atomic E-state index is 11.1. The first kappa shape index (κ1) is 34.3. The summed E-state index contributed by atoms with van der Waals surface area (Å²) in [5.74, 6) is 1.03. The van der Waals surface area contributed by atoms with Crippen molar-refractivity contribution in [2.75, 3.05) is 0 Å². The number of hydrogen-bond donors (Lipinski definition) is 1. The Bertz CT molecular complexity index is 2320. The standard InChI is InChI=1S/C44H42N3O.Pt/c1-27-14-13-15-28(2)42(27)29-22-37(36-17-11-12-21-45-36)46-41(23-29)47-38-20-19-30(43(3,4)5)24-33(38)34-25-35(44(6,7)8)32(26-39(34)47)31-16-9-10-18-40(31)48;/h9-25,48H,1-8H3;/q-1;. The number of pyridine rings is 2. The molecule has 0 fully saturated rings. The van der Waals surface area contributed by atoms with E-state index in [4.69, 9.17) is 9.97 Å². The van der Waals surface area contributed by atoms with Gasteiger partial charge in [0.25, 0.3) is 0 Å². The molecule has 4 nitrogen and oxygen atoms in total. The summed E-state index contributed by atoms with van der Waals surface area (Å²) < 4.78 is 2.25. The minimum atomic E-state index is -0.203. The van der Waals surface area contributed by atoms with Crippen molar-refractivity contribution in [1.29, 1.82) is 0 Å². The zero-order valence-corrected chi connectivity index (χ0v) is 31.7. The van der Waals surface area contributed by atoms with Crippen LogP contribution >= 0.6 is 0 Å². The zero-order valence-electron chi connectivity index (χ0n) is 29.4. The molecule has 5 heteroatoms. The topological polar surface area (TPSA) is 50.9 Å². The summed E-state index contributed by atoms with van der Waals surface area (Å²) in [5.41, 5.74) is 12.1. The summed E-state index contributed by atoms with van der Waals surface area (Å²) in [5, 5.41) is 13.4. The minimum absolute atomic E-state index is 0. The van der Waals surface area contributed by atoms with Gasteiger partial charge < -0.3 is 9.67 Å². The Morgan fingerprint density at radius 2 is 1.41 bits per heavy atom. The molecule has 1 N–H and O–H groups in total. The van der Waals surface area contributed by atoms with E-state index in [1.165, 1.54) is 22.3 Å². The van der Waals surface area contributed by atoms with Crippen molar-refractivity contribution in [3.8, 4) is 45.2 Å². The maximum absolute atomic E-state index is 11.1. The molecular formula is C44H42N3OPt-. The van der Waals surface area contributed by atoms with Crippen molar-refractivity contribution >= 4 is 21.8 Å². The van der Waals surface area contributed by atoms with E-state index in [1.807, 2.05) is 42.6 Å². The Hall–Kier alpha value is -4.53. The molecule has 0 amide bonds. The van der Waals surface area contributed by atoms with Gasteiger partial charge >= 0.3 is 0 Å². The minimum Gasteiger partial charge on any atom is -0.517 e. The van der Waals surface area contributed by atoms with Crippen LogP contribution in [0.3, 0.4) is 0 Å². The number of rotatable bonds is 4. The Balaban J connectivity index is 0.00000417. The average Bonchev–Trinajstić information content (AvgIpc) is 3.37. The van der Waals surface area contributed by atoms with Gasteiger partial charge in [-0.1, -0.05) is 107 Å². The molecule has 4 aromatic carbocycles. The van der Waals surface area contributed by atoms with Crippen LogP contribution in [-0.2, 0) is 31.9 Å². The van der Waals surface area contributed by atoms with Gasteiger partial charge in [0.15, 0.2) is 0 Å². The number of aromatic nitrogens is 3. The molecule has 3 heterocycles. The van der Waals surface area contributed by atoms with E-state index in [0.717, 1.165) is 61.3 Å². The van der Waals surface area contributed by atoms with Gasteiger partial charge in [-0.25, -0.2) is 4.98 Å². The van der Waals surface area contributed by atoms with Crippen LogP contribution in [0.4, 0.5) is 0 Å². The summed E-state index contributed by atoms with van der Waals surface area (Å²) >= 11 is 0. The second-order valence-corrected chi connectivity index (χ2v) is 15.0. The van der Waals surface area contributed by atoms with E-state index in [0.29, 0.717) is 0 Å². The van der Waals surface area contributed by atoms with E-state index in [2.05, 4.69) is 121 Å². The van der Waals surface area contributed by atoms with Gasteiger partial charge in [0.05, 0.1) is 17.1 Å². The van der Waals surface area contributed by atoms with Gasteiger partial charge in [0.1, 0.15) is 5.82 Å². The van der Waals surface area contributed by atoms with Crippen LogP contribution in [0.2, 0.25) is 0 Å². The third-order valence-electron chi connectivity index (χ3n) is 9.39. The summed E-state index contributed by atoms with van der Waals surface area (Å²) in [7, 11) is 0. The molecule has 0 saturated heterocycles. The quantitative estimate of drug-likeness (QED) is 0.180. The smallest absolute Gasteiger partial charge is 0.137 e. The fraction of sp³-hybridized carbons (Fsp3) is 0.227. The molecule has 7 rings (SSSR count). The number of nitrogens with zero attached hydrogens (tertiary/aromatic N) is 3. The second kappa shape index (κ2) is 12.7. The first-order valence-electron chi connectivity index (χ1n) is 16.7. The molecule has 0 saturated carbocycles. The van der Waals surface area contributed by atoms with Gasteiger partial charge in [0.2, 0.25) is 0 Å². The number of phenols is 1. The first-order valence-corrected chi connectivity index (χ1v) is 16.7. The van der Waals surface area contributed by atoms with Crippen LogP contribution in [0.25, 0.3) is 61.3 Å². The molecule has 0 atom stereocenters. The van der Waals surface area contributed by atoms with Crippen LogP contribution in [0.5, 0.6) is 5.75 Å². The molecule has 0 unspecified atom stereocenters. The SMILES string of the molecule is Cc1cccc(C)c1-c1cc(-c2ccccn2)nc(-n2c3[c-]c(-c4ccccc4O)c(C(C)(C)C)cc3c3cc(C(C)(C)C)ccc32)c1.[Pt]. The third kappa shape index (κ3) is 6.24. The van der Waals surface area contributed by atoms with Crippen molar-refractivity contribution in [2.24, 2.45) is 0 Å². The average molecular weight is 824 g/mol. The third-order valence-corrected chi connectivity index (χ3v) is 9.39. The monoisotopic (exact) mass is 823 g/mol. The molecule has 3 aromatic heterocycles. The summed E-state index contributed by atoms with van der Waals surface area (Å²) in [6.07, 6.45) is 1.82. The second-order valence-electron chi connectivity index (χ2n) is 15.0.